The smallest absolute Gasteiger partial charge is 0.343 e. The predicted octanol–water partition coefficient (Wildman–Crippen LogP) is 9.06. The Kier molecular flexibility index (Phi) is 16.0. The number of nitrogens with zero attached hydrogens (tertiary/aromatic N) is 1. The second kappa shape index (κ2) is 20.6. The lowest BCUT2D eigenvalue weighted by molar-refractivity contribution is -0.121. The number of ether oxygens (including phenoxy) is 2. The normalized spacial score (nSPS) is 10.9. The predicted molar refractivity (Wildman–Crippen MR) is 175 cm³/mol. The molecule has 0 spiro atoms. The summed E-state index contributed by atoms with van der Waals surface area (Å²) in [7, 11) is 0. The average Bonchev–Trinajstić information content (AvgIpc) is 3.05. The SMILES string of the molecule is CCCCCCCCCCCCCCCC(=O)NN=Cc1ccc(OC(=O)c2ccccc2)cc1OC(=O)c1ccccc1. The van der Waals surface area contributed by atoms with Gasteiger partial charge in [-0.25, -0.2) is 15.0 Å². The standard InChI is InChI=1S/C37H46N2O5/c1-2-3-4-5-6-7-8-9-10-11-12-13-20-25-35(40)39-38-29-32-26-27-33(43-36(41)30-21-16-14-17-22-30)28-34(32)44-37(42)31-23-18-15-19-24-31/h14-19,21-24,26-29H,2-13,20,25H2,1H3,(H,39,40). The van der Waals surface area contributed by atoms with Crippen molar-refractivity contribution in [3.63, 3.8) is 0 Å². The van der Waals surface area contributed by atoms with Crippen LogP contribution in [-0.4, -0.2) is 24.1 Å². The third kappa shape index (κ3) is 13.4. The van der Waals surface area contributed by atoms with Gasteiger partial charge in [0, 0.05) is 18.1 Å². The Morgan fingerprint density at radius 1 is 0.636 bits per heavy atom. The zero-order valence-electron chi connectivity index (χ0n) is 26.0. The van der Waals surface area contributed by atoms with E-state index in [0.717, 1.165) is 19.3 Å². The molecule has 0 saturated heterocycles. The quantitative estimate of drug-likeness (QED) is 0.0460. The van der Waals surface area contributed by atoms with E-state index in [1.54, 1.807) is 66.7 Å². The van der Waals surface area contributed by atoms with Gasteiger partial charge in [0.15, 0.2) is 0 Å². The van der Waals surface area contributed by atoms with Gasteiger partial charge in [-0.15, -0.1) is 0 Å². The molecule has 0 saturated carbocycles. The van der Waals surface area contributed by atoms with E-state index in [4.69, 9.17) is 9.47 Å². The van der Waals surface area contributed by atoms with E-state index in [0.29, 0.717) is 23.1 Å². The third-order valence-electron chi connectivity index (χ3n) is 7.32. The molecule has 0 aliphatic rings. The van der Waals surface area contributed by atoms with E-state index in [9.17, 15) is 14.4 Å². The number of carbonyl (C=O) groups excluding carboxylic acids is 3. The first-order chi connectivity index (χ1) is 21.6. The molecule has 3 aromatic rings. The number of nitrogens with one attached hydrogen (secondary N) is 1. The highest BCUT2D eigenvalue weighted by Gasteiger charge is 2.15. The van der Waals surface area contributed by atoms with Crippen molar-refractivity contribution in [1.29, 1.82) is 0 Å². The van der Waals surface area contributed by atoms with Crippen LogP contribution in [0, 0.1) is 0 Å². The summed E-state index contributed by atoms with van der Waals surface area (Å²) in [5.41, 5.74) is 3.76. The van der Waals surface area contributed by atoms with E-state index >= 15 is 0 Å². The summed E-state index contributed by atoms with van der Waals surface area (Å²) >= 11 is 0. The first-order valence-electron chi connectivity index (χ1n) is 16.1. The van der Waals surface area contributed by atoms with E-state index in [1.807, 2.05) is 6.07 Å². The Hall–Kier alpha value is -4.26. The van der Waals surface area contributed by atoms with Gasteiger partial charge >= 0.3 is 11.9 Å². The molecule has 3 aromatic carbocycles. The molecular weight excluding hydrogens is 552 g/mol. The van der Waals surface area contributed by atoms with Gasteiger partial charge in [0.25, 0.3) is 0 Å². The maximum Gasteiger partial charge on any atom is 0.343 e. The molecule has 7 heteroatoms. The minimum atomic E-state index is -0.571. The maximum absolute atomic E-state index is 12.8. The minimum absolute atomic E-state index is 0.145. The molecule has 3 rings (SSSR count). The first-order valence-corrected chi connectivity index (χ1v) is 16.1. The highest BCUT2D eigenvalue weighted by atomic mass is 16.5. The van der Waals surface area contributed by atoms with Crippen LogP contribution in [0.5, 0.6) is 11.5 Å². The highest BCUT2D eigenvalue weighted by Crippen LogP contribution is 2.26. The van der Waals surface area contributed by atoms with Crippen molar-refractivity contribution in [2.24, 2.45) is 5.10 Å². The van der Waals surface area contributed by atoms with Crippen LogP contribution < -0.4 is 14.9 Å². The molecule has 0 heterocycles. The summed E-state index contributed by atoms with van der Waals surface area (Å²) in [6.45, 7) is 2.25. The van der Waals surface area contributed by atoms with E-state index < -0.39 is 11.9 Å². The summed E-state index contributed by atoms with van der Waals surface area (Å²) in [4.78, 5) is 37.6. The van der Waals surface area contributed by atoms with Crippen LogP contribution in [0.2, 0.25) is 0 Å². The van der Waals surface area contributed by atoms with Gasteiger partial charge in [-0.1, -0.05) is 120 Å². The average molecular weight is 599 g/mol. The number of unbranched alkanes of at least 4 members (excludes halogenated alkanes) is 12. The van der Waals surface area contributed by atoms with E-state index in [1.165, 1.54) is 76.5 Å². The number of rotatable bonds is 20. The van der Waals surface area contributed by atoms with Gasteiger partial charge in [0.2, 0.25) is 5.91 Å². The summed E-state index contributed by atoms with van der Waals surface area (Å²) in [5.74, 6) is -0.920. The van der Waals surface area contributed by atoms with E-state index in [2.05, 4.69) is 17.5 Å². The molecule has 0 aromatic heterocycles. The first kappa shape index (κ1) is 34.2. The van der Waals surface area contributed by atoms with Crippen molar-refractivity contribution in [1.82, 2.24) is 5.43 Å². The van der Waals surface area contributed by atoms with Gasteiger partial charge in [-0.3, -0.25) is 4.79 Å². The summed E-state index contributed by atoms with van der Waals surface area (Å²) in [6, 6.07) is 21.8. The number of hydrogen-bond acceptors (Lipinski definition) is 6. The van der Waals surface area contributed by atoms with Crippen LogP contribution in [-0.2, 0) is 4.79 Å². The van der Waals surface area contributed by atoms with Crippen LogP contribution in [0.25, 0.3) is 0 Å². The van der Waals surface area contributed by atoms with Crippen molar-refractivity contribution in [2.75, 3.05) is 0 Å². The van der Waals surface area contributed by atoms with Crippen molar-refractivity contribution >= 4 is 24.1 Å². The fraction of sp³-hybridized carbons (Fsp3) is 0.405. The molecule has 0 fully saturated rings. The van der Waals surface area contributed by atoms with Gasteiger partial charge in [-0.2, -0.15) is 5.10 Å². The van der Waals surface area contributed by atoms with Crippen molar-refractivity contribution < 1.29 is 23.9 Å². The van der Waals surface area contributed by atoms with Crippen LogP contribution in [0.15, 0.2) is 84.0 Å². The fourth-order valence-electron chi connectivity index (χ4n) is 4.78. The molecule has 0 unspecified atom stereocenters. The number of esters is 2. The van der Waals surface area contributed by atoms with Crippen molar-refractivity contribution in [3.05, 3.63) is 95.6 Å². The topological polar surface area (TPSA) is 94.1 Å². The molecule has 44 heavy (non-hydrogen) atoms. The Morgan fingerprint density at radius 2 is 1.14 bits per heavy atom. The van der Waals surface area contributed by atoms with Gasteiger partial charge < -0.3 is 9.47 Å². The lowest BCUT2D eigenvalue weighted by Crippen LogP contribution is -2.17. The highest BCUT2D eigenvalue weighted by molar-refractivity contribution is 5.94. The van der Waals surface area contributed by atoms with Crippen LogP contribution in [0.3, 0.4) is 0 Å². The Morgan fingerprint density at radius 3 is 1.68 bits per heavy atom. The summed E-state index contributed by atoms with van der Waals surface area (Å²) < 4.78 is 11.1. The van der Waals surface area contributed by atoms with Crippen LogP contribution in [0.1, 0.15) is 123 Å². The number of amides is 1. The second-order valence-corrected chi connectivity index (χ2v) is 11.0. The van der Waals surface area contributed by atoms with Gasteiger partial charge in [-0.05, 0) is 42.8 Å². The summed E-state index contributed by atoms with van der Waals surface area (Å²) in [6.07, 6.45) is 18.1. The Bertz CT molecular complexity index is 1310. The van der Waals surface area contributed by atoms with E-state index in [-0.39, 0.29) is 17.4 Å². The molecule has 0 radical (unpaired) electrons. The Balaban J connectivity index is 1.44. The second-order valence-electron chi connectivity index (χ2n) is 11.0. The van der Waals surface area contributed by atoms with Crippen LogP contribution >= 0.6 is 0 Å². The van der Waals surface area contributed by atoms with Gasteiger partial charge in [0.1, 0.15) is 11.5 Å². The zero-order chi connectivity index (χ0) is 31.2. The molecule has 234 valence electrons. The molecule has 7 nitrogen and oxygen atoms in total. The molecule has 0 atom stereocenters. The van der Waals surface area contributed by atoms with Crippen LogP contribution in [0.4, 0.5) is 0 Å². The third-order valence-corrected chi connectivity index (χ3v) is 7.32. The largest absolute Gasteiger partial charge is 0.423 e. The monoisotopic (exact) mass is 598 g/mol. The Labute approximate surface area is 262 Å². The van der Waals surface area contributed by atoms with Gasteiger partial charge in [0.05, 0.1) is 17.3 Å². The molecule has 1 amide bonds. The minimum Gasteiger partial charge on any atom is -0.423 e. The number of hydrazone groups is 1. The lowest BCUT2D eigenvalue weighted by atomic mass is 10.0. The molecular formula is C37H46N2O5. The van der Waals surface area contributed by atoms with Crippen molar-refractivity contribution in [2.45, 2.75) is 96.8 Å². The zero-order valence-corrected chi connectivity index (χ0v) is 26.0. The molecule has 0 aliphatic heterocycles. The number of hydrogen-bond donors (Lipinski definition) is 1. The fourth-order valence-corrected chi connectivity index (χ4v) is 4.78. The molecule has 0 bridgehead atoms. The molecule has 1 N–H and O–H groups in total. The van der Waals surface area contributed by atoms with Crippen molar-refractivity contribution in [3.8, 4) is 11.5 Å². The summed E-state index contributed by atoms with van der Waals surface area (Å²) in [5, 5.41) is 4.08. The number of carbonyl (C=O) groups is 3. The molecule has 0 aliphatic carbocycles. The maximum atomic E-state index is 12.8. The lowest BCUT2D eigenvalue weighted by Gasteiger charge is -2.10. The number of benzene rings is 3.